The van der Waals surface area contributed by atoms with Gasteiger partial charge in [-0.3, -0.25) is 0 Å². The topological polar surface area (TPSA) is 41.9 Å². The van der Waals surface area contributed by atoms with Gasteiger partial charge in [-0.25, -0.2) is 0 Å². The van der Waals surface area contributed by atoms with Gasteiger partial charge in [0.2, 0.25) is 9.04 Å². The van der Waals surface area contributed by atoms with Crippen LogP contribution < -0.4 is 4.74 Å². The van der Waals surface area contributed by atoms with E-state index in [0.29, 0.717) is 17.3 Å². The summed E-state index contributed by atoms with van der Waals surface area (Å²) in [5.41, 5.74) is 0.206. The van der Waals surface area contributed by atoms with Gasteiger partial charge in [0.15, 0.2) is 0 Å². The summed E-state index contributed by atoms with van der Waals surface area (Å²) < 4.78 is 11.6. The number of hydrogen-bond donors (Lipinski definition) is 1. The molecule has 0 saturated carbocycles. The minimum Gasteiger partial charge on any atom is -0.491 e. The SMILES string of the molecule is CC(CC(C)(C)C)N(CC(O)COc1cccc(Cl)c1)O[Si](C)C. The van der Waals surface area contributed by atoms with Crippen LogP contribution in [0.25, 0.3) is 0 Å². The highest BCUT2D eigenvalue weighted by molar-refractivity contribution is 6.48. The molecular formula is C18H31ClNO3Si. The van der Waals surface area contributed by atoms with E-state index in [4.69, 9.17) is 20.9 Å². The minimum atomic E-state index is -0.893. The van der Waals surface area contributed by atoms with Crippen LogP contribution in [0.3, 0.4) is 0 Å². The van der Waals surface area contributed by atoms with E-state index in [9.17, 15) is 5.11 Å². The van der Waals surface area contributed by atoms with Gasteiger partial charge in [-0.2, -0.15) is 5.06 Å². The van der Waals surface area contributed by atoms with Crippen molar-refractivity contribution in [3.8, 4) is 5.75 Å². The Bertz CT molecular complexity index is 493. The van der Waals surface area contributed by atoms with E-state index in [2.05, 4.69) is 40.8 Å². The summed E-state index contributed by atoms with van der Waals surface area (Å²) in [4.78, 5) is 0. The molecule has 1 aromatic carbocycles. The lowest BCUT2D eigenvalue weighted by molar-refractivity contribution is -0.127. The Morgan fingerprint density at radius 2 is 1.96 bits per heavy atom. The summed E-state index contributed by atoms with van der Waals surface area (Å²) in [6, 6.07) is 7.41. The Labute approximate surface area is 153 Å². The van der Waals surface area contributed by atoms with Crippen molar-refractivity contribution in [3.63, 3.8) is 0 Å². The van der Waals surface area contributed by atoms with Gasteiger partial charge in [0.05, 0.1) is 6.54 Å². The fourth-order valence-corrected chi connectivity index (χ4v) is 3.44. The quantitative estimate of drug-likeness (QED) is 0.515. The maximum atomic E-state index is 10.3. The van der Waals surface area contributed by atoms with Gasteiger partial charge < -0.3 is 14.4 Å². The fraction of sp³-hybridized carbons (Fsp3) is 0.667. The summed E-state index contributed by atoms with van der Waals surface area (Å²) in [6.07, 6.45) is 0.358. The fourth-order valence-electron chi connectivity index (χ4n) is 2.54. The highest BCUT2D eigenvalue weighted by atomic mass is 35.5. The second kappa shape index (κ2) is 9.78. The molecular weight excluding hydrogens is 342 g/mol. The van der Waals surface area contributed by atoms with Crippen molar-refractivity contribution in [1.29, 1.82) is 0 Å². The van der Waals surface area contributed by atoms with E-state index < -0.39 is 15.1 Å². The summed E-state index contributed by atoms with van der Waals surface area (Å²) in [5.74, 6) is 0.660. The van der Waals surface area contributed by atoms with Gasteiger partial charge in [-0.1, -0.05) is 38.4 Å². The third kappa shape index (κ3) is 9.04. The first-order valence-corrected chi connectivity index (χ1v) is 11.2. The molecule has 0 fully saturated rings. The van der Waals surface area contributed by atoms with Crippen LogP contribution in [0.4, 0.5) is 0 Å². The van der Waals surface area contributed by atoms with Gasteiger partial charge in [0.25, 0.3) is 0 Å². The zero-order chi connectivity index (χ0) is 18.3. The Hall–Kier alpha value is -0.593. The largest absolute Gasteiger partial charge is 0.491 e. The maximum absolute atomic E-state index is 10.3. The van der Waals surface area contributed by atoms with Crippen molar-refractivity contribution in [2.24, 2.45) is 5.41 Å². The first kappa shape index (κ1) is 21.4. The molecule has 24 heavy (non-hydrogen) atoms. The second-order valence-corrected chi connectivity index (χ2v) is 10.1. The number of ether oxygens (including phenoxy) is 1. The molecule has 0 aromatic heterocycles. The molecule has 0 spiro atoms. The van der Waals surface area contributed by atoms with Gasteiger partial charge in [-0.05, 0) is 50.1 Å². The predicted octanol–water partition coefficient (Wildman–Crippen LogP) is 4.39. The van der Waals surface area contributed by atoms with Crippen molar-refractivity contribution >= 4 is 20.6 Å². The number of hydrogen-bond acceptors (Lipinski definition) is 4. The second-order valence-electron chi connectivity index (χ2n) is 7.64. The Morgan fingerprint density at radius 1 is 1.29 bits per heavy atom. The Balaban J connectivity index is 2.58. The molecule has 2 unspecified atom stereocenters. The molecule has 0 aliphatic carbocycles. The van der Waals surface area contributed by atoms with Gasteiger partial charge >= 0.3 is 0 Å². The number of aliphatic hydroxyl groups excluding tert-OH is 1. The lowest BCUT2D eigenvalue weighted by atomic mass is 9.88. The zero-order valence-electron chi connectivity index (χ0n) is 15.7. The molecule has 1 radical (unpaired) electrons. The summed E-state index contributed by atoms with van der Waals surface area (Å²) in [7, 11) is -0.893. The van der Waals surface area contributed by atoms with Crippen molar-refractivity contribution in [2.45, 2.75) is 59.4 Å². The van der Waals surface area contributed by atoms with Crippen molar-refractivity contribution in [2.75, 3.05) is 13.2 Å². The molecule has 0 saturated heterocycles. The number of rotatable bonds is 9. The molecule has 1 rings (SSSR count). The smallest absolute Gasteiger partial charge is 0.235 e. The van der Waals surface area contributed by atoms with Crippen LogP contribution >= 0.6 is 11.6 Å². The molecule has 0 aliphatic rings. The average Bonchev–Trinajstić information content (AvgIpc) is 2.42. The predicted molar refractivity (Wildman–Crippen MR) is 102 cm³/mol. The number of aliphatic hydroxyl groups is 1. The average molecular weight is 373 g/mol. The van der Waals surface area contributed by atoms with Gasteiger partial charge in [-0.15, -0.1) is 0 Å². The van der Waals surface area contributed by atoms with Crippen LogP contribution in [-0.2, 0) is 4.53 Å². The number of halogens is 1. The highest BCUT2D eigenvalue weighted by Gasteiger charge is 2.24. The van der Waals surface area contributed by atoms with Crippen LogP contribution in [0.5, 0.6) is 5.75 Å². The minimum absolute atomic E-state index is 0.206. The van der Waals surface area contributed by atoms with Crippen LogP contribution in [0, 0.1) is 5.41 Å². The third-order valence-electron chi connectivity index (χ3n) is 3.33. The summed E-state index contributed by atoms with van der Waals surface area (Å²) in [6.45, 7) is 13.6. The molecule has 1 aromatic rings. The normalized spacial score (nSPS) is 14.9. The third-order valence-corrected chi connectivity index (χ3v) is 4.16. The lowest BCUT2D eigenvalue weighted by Crippen LogP contribution is -2.44. The van der Waals surface area contributed by atoms with Crippen LogP contribution in [-0.4, -0.2) is 44.5 Å². The van der Waals surface area contributed by atoms with Crippen molar-refractivity contribution < 1.29 is 14.4 Å². The van der Waals surface area contributed by atoms with Gasteiger partial charge in [0, 0.05) is 11.1 Å². The highest BCUT2D eigenvalue weighted by Crippen LogP contribution is 2.24. The van der Waals surface area contributed by atoms with E-state index >= 15 is 0 Å². The van der Waals surface area contributed by atoms with Crippen molar-refractivity contribution in [1.82, 2.24) is 5.06 Å². The number of benzene rings is 1. The molecule has 137 valence electrons. The van der Waals surface area contributed by atoms with E-state index in [1.807, 2.05) is 17.2 Å². The molecule has 2 atom stereocenters. The molecule has 0 bridgehead atoms. The Kier molecular flexibility index (Phi) is 8.74. The number of nitrogens with zero attached hydrogens (tertiary/aromatic N) is 1. The van der Waals surface area contributed by atoms with Crippen LogP contribution in [0.2, 0.25) is 18.1 Å². The molecule has 0 amide bonds. The first-order chi connectivity index (χ1) is 11.1. The van der Waals surface area contributed by atoms with Crippen molar-refractivity contribution in [3.05, 3.63) is 29.3 Å². The molecule has 6 heteroatoms. The lowest BCUT2D eigenvalue weighted by Gasteiger charge is -2.35. The molecule has 0 heterocycles. The van der Waals surface area contributed by atoms with E-state index in [-0.39, 0.29) is 18.1 Å². The monoisotopic (exact) mass is 372 g/mol. The summed E-state index contributed by atoms with van der Waals surface area (Å²) >= 11 is 5.94. The maximum Gasteiger partial charge on any atom is 0.235 e. The standard InChI is InChI=1S/C18H31ClNO3Si/c1-14(11-18(2,3)4)20(23-24(5)6)12-16(21)13-22-17-9-7-8-15(19)10-17/h7-10,14,16,21H,11-13H2,1-6H3. The van der Waals surface area contributed by atoms with Crippen LogP contribution in [0.15, 0.2) is 24.3 Å². The Morgan fingerprint density at radius 3 is 2.50 bits per heavy atom. The van der Waals surface area contributed by atoms with E-state index in [0.717, 1.165) is 6.42 Å². The molecule has 1 N–H and O–H groups in total. The molecule has 0 aliphatic heterocycles. The first-order valence-electron chi connectivity index (χ1n) is 8.38. The van der Waals surface area contributed by atoms with Crippen LogP contribution in [0.1, 0.15) is 34.1 Å². The summed E-state index contributed by atoms with van der Waals surface area (Å²) in [5, 5.41) is 12.9. The van der Waals surface area contributed by atoms with Gasteiger partial charge in [0.1, 0.15) is 18.5 Å². The number of hydroxylamine groups is 2. The molecule has 4 nitrogen and oxygen atoms in total. The zero-order valence-corrected chi connectivity index (χ0v) is 17.4. The van der Waals surface area contributed by atoms with E-state index in [1.165, 1.54) is 0 Å². The van der Waals surface area contributed by atoms with E-state index in [1.54, 1.807) is 12.1 Å².